The van der Waals surface area contributed by atoms with E-state index in [0.717, 1.165) is 10.0 Å². The first-order chi connectivity index (χ1) is 7.09. The number of carboxylic acids is 1. The zero-order valence-corrected chi connectivity index (χ0v) is 9.61. The average molecular weight is 274 g/mol. The minimum Gasteiger partial charge on any atom is -0.480 e. The summed E-state index contributed by atoms with van der Waals surface area (Å²) in [4.78, 5) is 10.4. The van der Waals surface area contributed by atoms with Crippen LogP contribution in [0.3, 0.4) is 0 Å². The molecule has 0 saturated heterocycles. The number of carboxylic acid groups (broad SMARTS) is 1. The maximum Gasteiger partial charge on any atom is 0.322 e. The molecule has 0 aliphatic carbocycles. The summed E-state index contributed by atoms with van der Waals surface area (Å²) in [6.07, 6.45) is 0. The number of hydrogen-bond donors (Lipinski definition) is 2. The lowest BCUT2D eigenvalue weighted by Crippen LogP contribution is -2.34. The van der Waals surface area contributed by atoms with Crippen LogP contribution < -0.4 is 5.73 Å². The van der Waals surface area contributed by atoms with Crippen molar-refractivity contribution in [2.24, 2.45) is 5.73 Å². The molecule has 0 aliphatic heterocycles. The molecule has 15 heavy (non-hydrogen) atoms. The Labute approximate surface area is 96.2 Å². The molecule has 0 aromatic heterocycles. The van der Waals surface area contributed by atoms with E-state index in [1.165, 1.54) is 0 Å². The third kappa shape index (κ3) is 4.42. The van der Waals surface area contributed by atoms with Crippen LogP contribution in [0.5, 0.6) is 0 Å². The van der Waals surface area contributed by atoms with Crippen molar-refractivity contribution in [2.75, 3.05) is 6.61 Å². The molecule has 0 bridgehead atoms. The smallest absolute Gasteiger partial charge is 0.322 e. The number of ether oxygens (including phenoxy) is 1. The van der Waals surface area contributed by atoms with Crippen molar-refractivity contribution in [1.82, 2.24) is 0 Å². The first-order valence-electron chi connectivity index (χ1n) is 4.40. The van der Waals surface area contributed by atoms with Crippen molar-refractivity contribution < 1.29 is 14.6 Å². The summed E-state index contributed by atoms with van der Waals surface area (Å²) in [5.74, 6) is -1.05. The highest BCUT2D eigenvalue weighted by atomic mass is 79.9. The molecule has 0 heterocycles. The minimum absolute atomic E-state index is 0.0192. The molecule has 1 rings (SSSR count). The Morgan fingerprint density at radius 3 is 2.60 bits per heavy atom. The van der Waals surface area contributed by atoms with Crippen molar-refractivity contribution in [3.05, 3.63) is 34.3 Å². The Balaban J connectivity index is 2.32. The van der Waals surface area contributed by atoms with Gasteiger partial charge in [0.1, 0.15) is 6.04 Å². The van der Waals surface area contributed by atoms with Gasteiger partial charge in [0.25, 0.3) is 0 Å². The Kier molecular flexibility index (Phi) is 4.74. The van der Waals surface area contributed by atoms with Crippen LogP contribution in [0.15, 0.2) is 28.7 Å². The highest BCUT2D eigenvalue weighted by Crippen LogP contribution is 2.11. The molecule has 0 spiro atoms. The Morgan fingerprint density at radius 1 is 1.47 bits per heavy atom. The third-order valence-corrected chi connectivity index (χ3v) is 2.33. The van der Waals surface area contributed by atoms with Crippen LogP contribution in [-0.4, -0.2) is 23.7 Å². The lowest BCUT2D eigenvalue weighted by atomic mass is 10.2. The van der Waals surface area contributed by atoms with Gasteiger partial charge in [-0.1, -0.05) is 28.1 Å². The quantitative estimate of drug-likeness (QED) is 0.850. The fourth-order valence-corrected chi connectivity index (χ4v) is 1.22. The molecule has 0 saturated carbocycles. The van der Waals surface area contributed by atoms with Gasteiger partial charge in [-0.2, -0.15) is 0 Å². The molecule has 0 fully saturated rings. The number of aliphatic carboxylic acids is 1. The first-order valence-corrected chi connectivity index (χ1v) is 5.19. The summed E-state index contributed by atoms with van der Waals surface area (Å²) in [7, 11) is 0. The van der Waals surface area contributed by atoms with Gasteiger partial charge in [0.15, 0.2) is 0 Å². The van der Waals surface area contributed by atoms with Crippen LogP contribution in [0.4, 0.5) is 0 Å². The second-order valence-electron chi connectivity index (χ2n) is 3.09. The van der Waals surface area contributed by atoms with Crippen molar-refractivity contribution in [3.8, 4) is 0 Å². The highest BCUT2D eigenvalue weighted by molar-refractivity contribution is 9.10. The molecule has 0 amide bonds. The van der Waals surface area contributed by atoms with E-state index < -0.39 is 12.0 Å². The number of hydrogen-bond acceptors (Lipinski definition) is 3. The predicted molar refractivity (Wildman–Crippen MR) is 59.4 cm³/mol. The van der Waals surface area contributed by atoms with Gasteiger partial charge in [-0.15, -0.1) is 0 Å². The second kappa shape index (κ2) is 5.85. The van der Waals surface area contributed by atoms with E-state index in [0.29, 0.717) is 6.61 Å². The maximum atomic E-state index is 10.4. The zero-order valence-electron chi connectivity index (χ0n) is 8.02. The van der Waals surface area contributed by atoms with E-state index in [9.17, 15) is 4.79 Å². The number of benzene rings is 1. The monoisotopic (exact) mass is 273 g/mol. The second-order valence-corrected chi connectivity index (χ2v) is 4.00. The van der Waals surface area contributed by atoms with Gasteiger partial charge >= 0.3 is 5.97 Å². The zero-order chi connectivity index (χ0) is 11.3. The van der Waals surface area contributed by atoms with E-state index >= 15 is 0 Å². The lowest BCUT2D eigenvalue weighted by Gasteiger charge is -2.07. The Bertz CT molecular complexity index is 326. The molecule has 82 valence electrons. The molecular weight excluding hydrogens is 262 g/mol. The van der Waals surface area contributed by atoms with Crippen molar-refractivity contribution in [1.29, 1.82) is 0 Å². The topological polar surface area (TPSA) is 72.5 Å². The third-order valence-electron chi connectivity index (χ3n) is 1.80. The molecule has 1 unspecified atom stereocenters. The highest BCUT2D eigenvalue weighted by Gasteiger charge is 2.10. The molecular formula is C10H12BrNO3. The summed E-state index contributed by atoms with van der Waals surface area (Å²) >= 11 is 3.32. The van der Waals surface area contributed by atoms with Gasteiger partial charge in [-0.3, -0.25) is 4.79 Å². The summed E-state index contributed by atoms with van der Waals surface area (Å²) in [6, 6.07) is 6.64. The van der Waals surface area contributed by atoms with Gasteiger partial charge in [0.2, 0.25) is 0 Å². The summed E-state index contributed by atoms with van der Waals surface area (Å²) in [5, 5.41) is 8.50. The number of nitrogens with two attached hydrogens (primary N) is 1. The molecule has 3 N–H and O–H groups in total. The van der Waals surface area contributed by atoms with Crippen LogP contribution in [0, 0.1) is 0 Å². The van der Waals surface area contributed by atoms with Crippen molar-refractivity contribution in [3.63, 3.8) is 0 Å². The summed E-state index contributed by atoms with van der Waals surface area (Å²) < 4.78 is 6.16. The Morgan fingerprint density at radius 2 is 2.07 bits per heavy atom. The minimum atomic E-state index is -1.05. The van der Waals surface area contributed by atoms with Gasteiger partial charge in [-0.25, -0.2) is 0 Å². The van der Waals surface area contributed by atoms with E-state index in [2.05, 4.69) is 15.9 Å². The normalized spacial score (nSPS) is 12.4. The van der Waals surface area contributed by atoms with E-state index in [1.54, 1.807) is 0 Å². The fourth-order valence-electron chi connectivity index (χ4n) is 0.956. The van der Waals surface area contributed by atoms with Crippen LogP contribution in [-0.2, 0) is 16.1 Å². The van der Waals surface area contributed by atoms with Gasteiger partial charge < -0.3 is 15.6 Å². The standard InChI is InChI=1S/C10H12BrNO3/c11-8-3-1-7(2-4-8)5-15-6-9(12)10(13)14/h1-4,9H,5-6,12H2,(H,13,14). The average Bonchev–Trinajstić information content (AvgIpc) is 2.20. The van der Waals surface area contributed by atoms with Crippen LogP contribution >= 0.6 is 15.9 Å². The fraction of sp³-hybridized carbons (Fsp3) is 0.300. The predicted octanol–water partition coefficient (Wildman–Crippen LogP) is 1.38. The molecule has 1 aromatic carbocycles. The number of rotatable bonds is 5. The van der Waals surface area contributed by atoms with Crippen LogP contribution in [0.25, 0.3) is 0 Å². The molecule has 1 atom stereocenters. The summed E-state index contributed by atoms with van der Waals surface area (Å²) in [6.45, 7) is 0.389. The molecule has 0 radical (unpaired) electrons. The largest absolute Gasteiger partial charge is 0.480 e. The van der Waals surface area contributed by atoms with Crippen molar-refractivity contribution >= 4 is 21.9 Å². The van der Waals surface area contributed by atoms with Crippen LogP contribution in [0.1, 0.15) is 5.56 Å². The SMILES string of the molecule is NC(COCc1ccc(Br)cc1)C(=O)O. The number of carbonyl (C=O) groups is 1. The van der Waals surface area contributed by atoms with Gasteiger partial charge in [-0.05, 0) is 17.7 Å². The lowest BCUT2D eigenvalue weighted by molar-refractivity contribution is -0.140. The first kappa shape index (κ1) is 12.2. The van der Waals surface area contributed by atoms with E-state index in [4.69, 9.17) is 15.6 Å². The van der Waals surface area contributed by atoms with Crippen molar-refractivity contribution in [2.45, 2.75) is 12.6 Å². The molecule has 1 aromatic rings. The molecule has 4 nitrogen and oxygen atoms in total. The molecule has 0 aliphatic rings. The van der Waals surface area contributed by atoms with Crippen LogP contribution in [0.2, 0.25) is 0 Å². The summed E-state index contributed by atoms with van der Waals surface area (Å²) in [5.41, 5.74) is 6.25. The van der Waals surface area contributed by atoms with E-state index in [1.807, 2.05) is 24.3 Å². The maximum absolute atomic E-state index is 10.4. The van der Waals surface area contributed by atoms with E-state index in [-0.39, 0.29) is 6.61 Å². The van der Waals surface area contributed by atoms with Gasteiger partial charge in [0.05, 0.1) is 13.2 Å². The Hall–Kier alpha value is -0.910. The van der Waals surface area contributed by atoms with Gasteiger partial charge in [0, 0.05) is 4.47 Å². The number of halogens is 1. The molecule has 5 heteroatoms.